The topological polar surface area (TPSA) is 125 Å². The van der Waals surface area contributed by atoms with Crippen LogP contribution in [0.3, 0.4) is 0 Å². The fourth-order valence-corrected chi connectivity index (χ4v) is 3.95. The molecule has 1 fully saturated rings. The first kappa shape index (κ1) is 22.2. The molecule has 0 spiro atoms. The Balaban J connectivity index is 1.61. The molecule has 1 atom stereocenters. The van der Waals surface area contributed by atoms with Crippen LogP contribution in [0, 0.1) is 0 Å². The lowest BCUT2D eigenvalue weighted by atomic mass is 9.95. The second-order valence-electron chi connectivity index (χ2n) is 8.61. The van der Waals surface area contributed by atoms with E-state index < -0.39 is 5.54 Å². The molecule has 4 rings (SSSR count). The van der Waals surface area contributed by atoms with Crippen molar-refractivity contribution in [1.29, 1.82) is 0 Å². The van der Waals surface area contributed by atoms with Crippen molar-refractivity contribution in [2.75, 3.05) is 48.7 Å². The van der Waals surface area contributed by atoms with E-state index >= 15 is 0 Å². The minimum atomic E-state index is -0.494. The Morgan fingerprint density at radius 1 is 1.19 bits per heavy atom. The van der Waals surface area contributed by atoms with E-state index in [0.29, 0.717) is 11.3 Å². The minimum Gasteiger partial charge on any atom is -0.394 e. The van der Waals surface area contributed by atoms with Crippen molar-refractivity contribution in [2.45, 2.75) is 38.6 Å². The monoisotopic (exact) mass is 436 g/mol. The number of anilines is 3. The third kappa shape index (κ3) is 4.89. The SMILES string of the molecule is CCCC[C@](C)(CO)Nc1nc(N)nc2cc(-c3ccc(N4CCNCC4)nc3)ncc12. The molecule has 170 valence electrons. The van der Waals surface area contributed by atoms with Crippen LogP contribution >= 0.6 is 0 Å². The van der Waals surface area contributed by atoms with Gasteiger partial charge in [-0.3, -0.25) is 4.98 Å². The van der Waals surface area contributed by atoms with E-state index in [0.717, 1.165) is 67.9 Å². The number of aromatic nitrogens is 4. The van der Waals surface area contributed by atoms with Gasteiger partial charge < -0.3 is 26.4 Å². The van der Waals surface area contributed by atoms with E-state index in [1.807, 2.05) is 31.3 Å². The molecule has 3 aromatic rings. The van der Waals surface area contributed by atoms with Gasteiger partial charge in [0.25, 0.3) is 0 Å². The Morgan fingerprint density at radius 2 is 2.00 bits per heavy atom. The van der Waals surface area contributed by atoms with Gasteiger partial charge in [0, 0.05) is 44.1 Å². The van der Waals surface area contributed by atoms with Crippen LogP contribution < -0.4 is 21.3 Å². The van der Waals surface area contributed by atoms with Gasteiger partial charge in [0.1, 0.15) is 11.6 Å². The molecular formula is C23H32N8O. The van der Waals surface area contributed by atoms with Crippen LogP contribution in [0.15, 0.2) is 30.6 Å². The van der Waals surface area contributed by atoms with E-state index in [1.54, 1.807) is 6.20 Å². The van der Waals surface area contributed by atoms with Crippen LogP contribution in [0.2, 0.25) is 0 Å². The number of piperazine rings is 1. The lowest BCUT2D eigenvalue weighted by Crippen LogP contribution is -2.43. The molecule has 9 nitrogen and oxygen atoms in total. The highest BCUT2D eigenvalue weighted by molar-refractivity contribution is 5.91. The second kappa shape index (κ2) is 9.62. The van der Waals surface area contributed by atoms with Crippen molar-refractivity contribution in [1.82, 2.24) is 25.3 Å². The van der Waals surface area contributed by atoms with Gasteiger partial charge in [-0.2, -0.15) is 4.98 Å². The lowest BCUT2D eigenvalue weighted by molar-refractivity contribution is 0.212. The molecule has 0 radical (unpaired) electrons. The average molecular weight is 437 g/mol. The third-order valence-corrected chi connectivity index (χ3v) is 5.93. The number of nitrogens with zero attached hydrogens (tertiary/aromatic N) is 5. The van der Waals surface area contributed by atoms with Gasteiger partial charge in [0.05, 0.1) is 28.7 Å². The van der Waals surface area contributed by atoms with Gasteiger partial charge >= 0.3 is 0 Å². The van der Waals surface area contributed by atoms with Gasteiger partial charge in [0.2, 0.25) is 5.95 Å². The molecule has 0 unspecified atom stereocenters. The predicted molar refractivity (Wildman–Crippen MR) is 129 cm³/mol. The summed E-state index contributed by atoms with van der Waals surface area (Å²) >= 11 is 0. The first-order chi connectivity index (χ1) is 15.5. The zero-order valence-electron chi connectivity index (χ0n) is 18.8. The van der Waals surface area contributed by atoms with Gasteiger partial charge in [0.15, 0.2) is 0 Å². The number of nitrogens with two attached hydrogens (primary N) is 1. The van der Waals surface area contributed by atoms with E-state index in [-0.39, 0.29) is 12.6 Å². The van der Waals surface area contributed by atoms with Crippen molar-refractivity contribution >= 4 is 28.5 Å². The molecule has 1 aliphatic rings. The standard InChI is InChI=1S/C23H32N8O/c1-3-4-7-23(2,15-32)30-21-17-14-26-18(12-19(17)28-22(24)29-21)16-5-6-20(27-13-16)31-10-8-25-9-11-31/h5-6,12-14,25,32H,3-4,7-11,15H2,1-2H3,(H3,24,28,29,30)/t23-/m1/s1. The fourth-order valence-electron chi connectivity index (χ4n) is 3.95. The van der Waals surface area contributed by atoms with Crippen LogP contribution in [-0.2, 0) is 0 Å². The van der Waals surface area contributed by atoms with Crippen LogP contribution in [0.1, 0.15) is 33.1 Å². The Hall–Kier alpha value is -3.04. The Labute approximate surface area is 188 Å². The summed E-state index contributed by atoms with van der Waals surface area (Å²) in [5.41, 5.74) is 7.91. The Kier molecular flexibility index (Phi) is 6.66. The number of rotatable bonds is 8. The maximum Gasteiger partial charge on any atom is 0.222 e. The number of pyridine rings is 2. The third-order valence-electron chi connectivity index (χ3n) is 5.93. The molecular weight excluding hydrogens is 404 g/mol. The quantitative estimate of drug-likeness (QED) is 0.421. The molecule has 9 heteroatoms. The van der Waals surface area contributed by atoms with E-state index in [2.05, 4.69) is 42.4 Å². The van der Waals surface area contributed by atoms with Crippen LogP contribution in [-0.4, -0.2) is 63.4 Å². The number of hydrogen-bond acceptors (Lipinski definition) is 9. The molecule has 1 saturated heterocycles. The van der Waals surface area contributed by atoms with Crippen LogP contribution in [0.5, 0.6) is 0 Å². The van der Waals surface area contributed by atoms with Gasteiger partial charge in [-0.15, -0.1) is 0 Å². The fraction of sp³-hybridized carbons (Fsp3) is 0.478. The highest BCUT2D eigenvalue weighted by Crippen LogP contribution is 2.29. The first-order valence-corrected chi connectivity index (χ1v) is 11.3. The molecule has 0 aliphatic carbocycles. The average Bonchev–Trinajstić information content (AvgIpc) is 2.83. The number of nitrogen functional groups attached to an aromatic ring is 1. The summed E-state index contributed by atoms with van der Waals surface area (Å²) in [6.07, 6.45) is 6.48. The molecule has 4 heterocycles. The second-order valence-corrected chi connectivity index (χ2v) is 8.61. The Bertz CT molecular complexity index is 1050. The summed E-state index contributed by atoms with van der Waals surface area (Å²) in [5.74, 6) is 1.75. The number of fused-ring (bicyclic) bond motifs is 1. The smallest absolute Gasteiger partial charge is 0.222 e. The van der Waals surface area contributed by atoms with Gasteiger partial charge in [-0.25, -0.2) is 9.97 Å². The van der Waals surface area contributed by atoms with E-state index in [1.165, 1.54) is 0 Å². The molecule has 0 saturated carbocycles. The number of aliphatic hydroxyl groups excluding tert-OH is 1. The van der Waals surface area contributed by atoms with Gasteiger partial charge in [-0.05, 0) is 31.5 Å². The largest absolute Gasteiger partial charge is 0.394 e. The summed E-state index contributed by atoms with van der Waals surface area (Å²) < 4.78 is 0. The summed E-state index contributed by atoms with van der Waals surface area (Å²) in [6.45, 7) is 7.97. The summed E-state index contributed by atoms with van der Waals surface area (Å²) in [6, 6.07) is 5.98. The molecule has 3 aromatic heterocycles. The van der Waals surface area contributed by atoms with E-state index in [9.17, 15) is 5.11 Å². The first-order valence-electron chi connectivity index (χ1n) is 11.3. The molecule has 5 N–H and O–H groups in total. The summed E-state index contributed by atoms with van der Waals surface area (Å²) in [7, 11) is 0. The lowest BCUT2D eigenvalue weighted by Gasteiger charge is -2.29. The number of aliphatic hydroxyl groups is 1. The van der Waals surface area contributed by atoms with Gasteiger partial charge in [-0.1, -0.05) is 19.8 Å². The minimum absolute atomic E-state index is 0.00495. The molecule has 1 aliphatic heterocycles. The molecule has 32 heavy (non-hydrogen) atoms. The van der Waals surface area contributed by atoms with Crippen molar-refractivity contribution in [3.8, 4) is 11.3 Å². The number of nitrogens with one attached hydrogen (secondary N) is 2. The molecule has 0 amide bonds. The van der Waals surface area contributed by atoms with Crippen LogP contribution in [0.4, 0.5) is 17.6 Å². The normalized spacial score (nSPS) is 16.2. The van der Waals surface area contributed by atoms with Crippen LogP contribution in [0.25, 0.3) is 22.2 Å². The highest BCUT2D eigenvalue weighted by atomic mass is 16.3. The number of hydrogen-bond donors (Lipinski definition) is 4. The maximum absolute atomic E-state index is 9.96. The van der Waals surface area contributed by atoms with Crippen molar-refractivity contribution < 1.29 is 5.11 Å². The summed E-state index contributed by atoms with van der Waals surface area (Å²) in [4.78, 5) is 20.4. The van der Waals surface area contributed by atoms with Crippen molar-refractivity contribution in [3.05, 3.63) is 30.6 Å². The Morgan fingerprint density at radius 3 is 2.69 bits per heavy atom. The van der Waals surface area contributed by atoms with Crippen molar-refractivity contribution in [3.63, 3.8) is 0 Å². The predicted octanol–water partition coefficient (Wildman–Crippen LogP) is 2.43. The maximum atomic E-state index is 9.96. The van der Waals surface area contributed by atoms with E-state index in [4.69, 9.17) is 5.73 Å². The highest BCUT2D eigenvalue weighted by Gasteiger charge is 2.24. The molecule has 0 bridgehead atoms. The zero-order valence-corrected chi connectivity index (χ0v) is 18.8. The zero-order chi connectivity index (χ0) is 22.6. The molecule has 0 aromatic carbocycles. The summed E-state index contributed by atoms with van der Waals surface area (Å²) in [5, 5.41) is 17.5. The number of unbranched alkanes of at least 4 members (excludes halogenated alkanes) is 1. The van der Waals surface area contributed by atoms with Crippen molar-refractivity contribution in [2.24, 2.45) is 0 Å².